The van der Waals surface area contributed by atoms with Crippen molar-refractivity contribution in [1.29, 1.82) is 0 Å². The Hall–Kier alpha value is -3.72. The van der Waals surface area contributed by atoms with Crippen molar-refractivity contribution in [2.24, 2.45) is 0 Å². The molecule has 49 heavy (non-hydrogen) atoms. The predicted octanol–water partition coefficient (Wildman–Crippen LogP) is 11.5. The first-order chi connectivity index (χ1) is 23.6. The lowest BCUT2D eigenvalue weighted by Gasteiger charge is -2.21. The minimum atomic E-state index is -4.80. The van der Waals surface area contributed by atoms with Crippen LogP contribution in [0.25, 0.3) is 11.1 Å². The van der Waals surface area contributed by atoms with E-state index in [4.69, 9.17) is 9.47 Å². The highest BCUT2D eigenvalue weighted by Gasteiger charge is 2.42. The molecule has 0 bridgehead atoms. The van der Waals surface area contributed by atoms with E-state index in [9.17, 15) is 27.2 Å². The maximum Gasteiger partial charge on any atom is 0.425 e. The van der Waals surface area contributed by atoms with Crippen molar-refractivity contribution < 1.29 is 41.4 Å². The third-order valence-electron chi connectivity index (χ3n) is 8.42. The minimum Gasteiger partial charge on any atom is -0.449 e. The van der Waals surface area contributed by atoms with Gasteiger partial charge in [0.05, 0.1) is 11.1 Å². The van der Waals surface area contributed by atoms with Gasteiger partial charge in [-0.15, -0.1) is 0 Å². The number of alkyl halides is 3. The van der Waals surface area contributed by atoms with Gasteiger partial charge in [0.25, 0.3) is 0 Å². The predicted molar refractivity (Wildman–Crippen MR) is 184 cm³/mol. The molecule has 3 rings (SSSR count). The molecule has 9 heteroatoms. The zero-order valence-electron chi connectivity index (χ0n) is 28.8. The van der Waals surface area contributed by atoms with Crippen LogP contribution >= 0.6 is 0 Å². The van der Waals surface area contributed by atoms with Gasteiger partial charge in [-0.05, 0) is 80.0 Å². The number of unbranched alkanes of at least 4 members (excludes halogenated alkanes) is 10. The average molecular weight is 687 g/mol. The molecule has 3 aromatic rings. The van der Waals surface area contributed by atoms with Crippen LogP contribution in [0.1, 0.15) is 124 Å². The number of esters is 2. The van der Waals surface area contributed by atoms with Crippen LogP contribution in [-0.2, 0) is 15.9 Å². The van der Waals surface area contributed by atoms with Crippen LogP contribution in [0, 0.1) is 5.82 Å². The smallest absolute Gasteiger partial charge is 0.425 e. The number of carbonyl (C=O) groups excluding carboxylic acids is 2. The third kappa shape index (κ3) is 14.3. The molecule has 268 valence electrons. The molecule has 0 saturated heterocycles. The van der Waals surface area contributed by atoms with Gasteiger partial charge in [-0.25, -0.2) is 14.0 Å². The van der Waals surface area contributed by atoms with E-state index in [0.717, 1.165) is 35.7 Å². The summed E-state index contributed by atoms with van der Waals surface area (Å²) in [6.07, 6.45) is 6.34. The first-order valence-electron chi connectivity index (χ1n) is 17.7. The van der Waals surface area contributed by atoms with Gasteiger partial charge in [0.2, 0.25) is 0 Å². The Morgan fingerprint density at radius 1 is 0.694 bits per heavy atom. The Bertz CT molecular complexity index is 1400. The molecule has 0 fully saturated rings. The normalized spacial score (nSPS) is 12.1. The Morgan fingerprint density at radius 3 is 1.88 bits per heavy atom. The van der Waals surface area contributed by atoms with Crippen molar-refractivity contribution in [2.75, 3.05) is 13.2 Å². The summed E-state index contributed by atoms with van der Waals surface area (Å²) in [5.74, 6) is -3.56. The van der Waals surface area contributed by atoms with Gasteiger partial charge in [0.1, 0.15) is 11.6 Å². The molecule has 1 atom stereocenters. The molecular formula is C40H50F4O5. The second-order valence-corrected chi connectivity index (χ2v) is 12.4. The zero-order valence-corrected chi connectivity index (χ0v) is 28.8. The second kappa shape index (κ2) is 21.4. The molecule has 0 aliphatic carbocycles. The van der Waals surface area contributed by atoms with Crippen LogP contribution < -0.4 is 4.74 Å². The number of benzene rings is 3. The summed E-state index contributed by atoms with van der Waals surface area (Å²) in [4.78, 5) is 25.2. The standard InChI is InChI=1S/C40H50F4O5/c1-3-5-6-7-8-9-10-11-13-16-30-18-20-31(21-19-30)32-22-24-33(25-23-32)38(45)48-34-26-27-35(36(41)29-34)39(46)49-37(40(42,43)44)17-14-12-15-28-47-4-2/h18-27,29,37H,3-17,28H2,1-2H3/t37-/m1/s1. The van der Waals surface area contributed by atoms with Gasteiger partial charge in [0, 0.05) is 19.3 Å². The molecule has 0 N–H and O–H groups in total. The molecule has 0 aromatic heterocycles. The number of carbonyl (C=O) groups is 2. The Kier molecular flexibility index (Phi) is 17.3. The largest absolute Gasteiger partial charge is 0.449 e. The van der Waals surface area contributed by atoms with Crippen molar-refractivity contribution in [2.45, 2.75) is 116 Å². The lowest BCUT2D eigenvalue weighted by atomic mass is 10.00. The average Bonchev–Trinajstić information content (AvgIpc) is 3.08. The maximum absolute atomic E-state index is 14.8. The topological polar surface area (TPSA) is 61.8 Å². The van der Waals surface area contributed by atoms with E-state index in [2.05, 4.69) is 35.9 Å². The number of aryl methyl sites for hydroxylation is 1. The van der Waals surface area contributed by atoms with Crippen molar-refractivity contribution in [3.8, 4) is 16.9 Å². The highest BCUT2D eigenvalue weighted by molar-refractivity contribution is 5.92. The van der Waals surface area contributed by atoms with Crippen LogP contribution in [-0.4, -0.2) is 37.4 Å². The van der Waals surface area contributed by atoms with E-state index in [1.54, 1.807) is 24.3 Å². The first-order valence-corrected chi connectivity index (χ1v) is 17.7. The number of rotatable bonds is 22. The zero-order chi connectivity index (χ0) is 35.5. The highest BCUT2D eigenvalue weighted by Crippen LogP contribution is 2.29. The maximum atomic E-state index is 14.8. The third-order valence-corrected chi connectivity index (χ3v) is 8.42. The van der Waals surface area contributed by atoms with E-state index >= 15 is 0 Å². The summed E-state index contributed by atoms with van der Waals surface area (Å²) < 4.78 is 70.3. The molecule has 0 unspecified atom stereocenters. The molecule has 0 heterocycles. The van der Waals surface area contributed by atoms with Crippen LogP contribution in [0.2, 0.25) is 0 Å². The molecule has 0 aliphatic heterocycles. The lowest BCUT2D eigenvalue weighted by molar-refractivity contribution is -0.206. The fourth-order valence-electron chi connectivity index (χ4n) is 5.53. The summed E-state index contributed by atoms with van der Waals surface area (Å²) in [5.41, 5.74) is 2.76. The van der Waals surface area contributed by atoms with Gasteiger partial charge in [-0.3, -0.25) is 0 Å². The van der Waals surface area contributed by atoms with Gasteiger partial charge in [-0.1, -0.05) is 101 Å². The quantitative estimate of drug-likeness (QED) is 0.0456. The molecule has 0 aliphatic rings. The highest BCUT2D eigenvalue weighted by atomic mass is 19.4. The molecule has 0 amide bonds. The summed E-state index contributed by atoms with van der Waals surface area (Å²) >= 11 is 0. The summed E-state index contributed by atoms with van der Waals surface area (Å²) in [7, 11) is 0. The molecule has 3 aromatic carbocycles. The lowest BCUT2D eigenvalue weighted by Crippen LogP contribution is -2.34. The van der Waals surface area contributed by atoms with Gasteiger partial charge in [-0.2, -0.15) is 13.2 Å². The van der Waals surface area contributed by atoms with Crippen molar-refractivity contribution >= 4 is 11.9 Å². The summed E-state index contributed by atoms with van der Waals surface area (Å²) in [6.45, 7) is 5.02. The van der Waals surface area contributed by atoms with Gasteiger partial charge in [0.15, 0.2) is 6.10 Å². The van der Waals surface area contributed by atoms with Crippen LogP contribution in [0.4, 0.5) is 17.6 Å². The van der Waals surface area contributed by atoms with Crippen molar-refractivity contribution in [3.05, 3.63) is 89.2 Å². The fourth-order valence-corrected chi connectivity index (χ4v) is 5.53. The SMILES string of the molecule is CCCCCCCCCCCc1ccc(-c2ccc(C(=O)Oc3ccc(C(=O)O[C@H](CCCCCOCC)C(F)(F)F)c(F)c3)cc2)cc1. The molecular weight excluding hydrogens is 636 g/mol. The van der Waals surface area contributed by atoms with E-state index in [0.29, 0.717) is 26.1 Å². The molecule has 0 saturated carbocycles. The van der Waals surface area contributed by atoms with Gasteiger partial charge < -0.3 is 14.2 Å². The molecule has 0 spiro atoms. The van der Waals surface area contributed by atoms with E-state index < -0.39 is 42.0 Å². The van der Waals surface area contributed by atoms with E-state index in [1.165, 1.54) is 63.4 Å². The Morgan fingerprint density at radius 2 is 1.29 bits per heavy atom. The monoisotopic (exact) mass is 686 g/mol. The van der Waals surface area contributed by atoms with Crippen molar-refractivity contribution in [3.63, 3.8) is 0 Å². The Labute approximate surface area is 288 Å². The van der Waals surface area contributed by atoms with Crippen molar-refractivity contribution in [1.82, 2.24) is 0 Å². The second-order valence-electron chi connectivity index (χ2n) is 12.4. The minimum absolute atomic E-state index is 0.161. The fraction of sp³-hybridized carbons (Fsp3) is 0.500. The number of hydrogen-bond donors (Lipinski definition) is 0. The summed E-state index contributed by atoms with van der Waals surface area (Å²) in [6, 6.07) is 18.0. The number of halogens is 4. The molecule has 0 radical (unpaired) electrons. The van der Waals surface area contributed by atoms with Gasteiger partial charge >= 0.3 is 18.1 Å². The first kappa shape index (κ1) is 39.7. The van der Waals surface area contributed by atoms with Crippen LogP contribution in [0.3, 0.4) is 0 Å². The number of ether oxygens (including phenoxy) is 3. The summed E-state index contributed by atoms with van der Waals surface area (Å²) in [5, 5.41) is 0. The van der Waals surface area contributed by atoms with E-state index in [1.807, 2.05) is 6.92 Å². The van der Waals surface area contributed by atoms with Crippen LogP contribution in [0.5, 0.6) is 5.75 Å². The van der Waals surface area contributed by atoms with E-state index in [-0.39, 0.29) is 17.7 Å². The Balaban J connectivity index is 1.48. The number of hydrogen-bond acceptors (Lipinski definition) is 5. The molecule has 5 nitrogen and oxygen atoms in total. The van der Waals surface area contributed by atoms with Crippen LogP contribution in [0.15, 0.2) is 66.7 Å².